The number of unbranched alkanes of at least 4 members (excludes halogenated alkanes) is 1. The Balaban J connectivity index is 2.49. The molecule has 0 heterocycles. The molecule has 0 fully saturated rings. The first-order chi connectivity index (χ1) is 7.63. The Labute approximate surface area is 97.2 Å². The zero-order valence-corrected chi connectivity index (χ0v) is 10.3. The minimum atomic E-state index is -0.125. The van der Waals surface area contributed by atoms with E-state index in [-0.39, 0.29) is 6.03 Å². The number of carbonyl (C=O) groups is 1. The van der Waals surface area contributed by atoms with Gasteiger partial charge in [0, 0.05) is 12.2 Å². The van der Waals surface area contributed by atoms with Crippen molar-refractivity contribution in [1.82, 2.24) is 5.32 Å². The van der Waals surface area contributed by atoms with E-state index in [1.165, 1.54) is 5.56 Å². The highest BCUT2D eigenvalue weighted by Crippen LogP contribution is 2.15. The Morgan fingerprint density at radius 1 is 1.31 bits per heavy atom. The van der Waals surface area contributed by atoms with Crippen LogP contribution in [0.1, 0.15) is 30.9 Å². The van der Waals surface area contributed by atoms with E-state index in [9.17, 15) is 4.79 Å². The monoisotopic (exact) mass is 220 g/mol. The maximum atomic E-state index is 11.5. The smallest absolute Gasteiger partial charge is 0.319 e. The molecule has 0 bridgehead atoms. The highest BCUT2D eigenvalue weighted by molar-refractivity contribution is 5.90. The van der Waals surface area contributed by atoms with Crippen molar-refractivity contribution in [3.05, 3.63) is 29.3 Å². The van der Waals surface area contributed by atoms with E-state index >= 15 is 0 Å². The summed E-state index contributed by atoms with van der Waals surface area (Å²) in [5.41, 5.74) is 3.17. The average molecular weight is 220 g/mol. The van der Waals surface area contributed by atoms with Crippen molar-refractivity contribution in [2.45, 2.75) is 33.6 Å². The molecule has 2 N–H and O–H groups in total. The maximum absolute atomic E-state index is 11.5. The van der Waals surface area contributed by atoms with Gasteiger partial charge in [0.05, 0.1) is 0 Å². The molecule has 88 valence electrons. The lowest BCUT2D eigenvalue weighted by Gasteiger charge is -2.10. The molecule has 3 nitrogen and oxygen atoms in total. The van der Waals surface area contributed by atoms with E-state index in [1.54, 1.807) is 0 Å². The second-order valence-corrected chi connectivity index (χ2v) is 4.05. The third-order valence-corrected chi connectivity index (χ3v) is 2.45. The number of benzene rings is 1. The van der Waals surface area contributed by atoms with Crippen molar-refractivity contribution >= 4 is 11.7 Å². The summed E-state index contributed by atoms with van der Waals surface area (Å²) in [6.07, 6.45) is 2.10. The topological polar surface area (TPSA) is 41.1 Å². The van der Waals surface area contributed by atoms with Crippen LogP contribution in [0.15, 0.2) is 18.2 Å². The van der Waals surface area contributed by atoms with Crippen LogP contribution in [-0.4, -0.2) is 12.6 Å². The SMILES string of the molecule is CCCCNC(=O)Nc1ccc(C)cc1C. The Bertz CT molecular complexity index is 361. The summed E-state index contributed by atoms with van der Waals surface area (Å²) < 4.78 is 0. The first-order valence-corrected chi connectivity index (χ1v) is 5.75. The normalized spacial score (nSPS) is 9.94. The zero-order chi connectivity index (χ0) is 12.0. The van der Waals surface area contributed by atoms with Gasteiger partial charge in [0.15, 0.2) is 0 Å². The molecule has 1 aromatic carbocycles. The van der Waals surface area contributed by atoms with E-state index in [4.69, 9.17) is 0 Å². The highest BCUT2D eigenvalue weighted by Gasteiger charge is 2.03. The number of aryl methyl sites for hydroxylation is 2. The van der Waals surface area contributed by atoms with Crippen LogP contribution in [0.25, 0.3) is 0 Å². The van der Waals surface area contributed by atoms with Gasteiger partial charge in [0.2, 0.25) is 0 Å². The fourth-order valence-corrected chi connectivity index (χ4v) is 1.50. The molecule has 3 heteroatoms. The summed E-state index contributed by atoms with van der Waals surface area (Å²) >= 11 is 0. The second kappa shape index (κ2) is 6.16. The lowest BCUT2D eigenvalue weighted by Crippen LogP contribution is -2.29. The van der Waals surface area contributed by atoms with Crippen LogP contribution in [0, 0.1) is 13.8 Å². The van der Waals surface area contributed by atoms with Crippen LogP contribution < -0.4 is 10.6 Å². The number of nitrogens with one attached hydrogen (secondary N) is 2. The van der Waals surface area contributed by atoms with Crippen molar-refractivity contribution in [1.29, 1.82) is 0 Å². The van der Waals surface area contributed by atoms with E-state index in [0.29, 0.717) is 0 Å². The molecule has 0 spiro atoms. The number of amides is 2. The maximum Gasteiger partial charge on any atom is 0.319 e. The molecular weight excluding hydrogens is 200 g/mol. The minimum Gasteiger partial charge on any atom is -0.338 e. The number of hydrogen-bond donors (Lipinski definition) is 2. The lowest BCUT2D eigenvalue weighted by molar-refractivity contribution is 0.252. The van der Waals surface area contributed by atoms with Crippen molar-refractivity contribution in [2.75, 3.05) is 11.9 Å². The third-order valence-electron chi connectivity index (χ3n) is 2.45. The van der Waals surface area contributed by atoms with Crippen LogP contribution in [0.2, 0.25) is 0 Å². The lowest BCUT2D eigenvalue weighted by atomic mass is 10.1. The van der Waals surface area contributed by atoms with Gasteiger partial charge >= 0.3 is 6.03 Å². The van der Waals surface area contributed by atoms with E-state index in [0.717, 1.165) is 30.6 Å². The van der Waals surface area contributed by atoms with Gasteiger partial charge < -0.3 is 10.6 Å². The van der Waals surface area contributed by atoms with Gasteiger partial charge in [-0.2, -0.15) is 0 Å². The Kier molecular flexibility index (Phi) is 4.83. The number of anilines is 1. The Morgan fingerprint density at radius 2 is 2.06 bits per heavy atom. The fourth-order valence-electron chi connectivity index (χ4n) is 1.50. The van der Waals surface area contributed by atoms with Gasteiger partial charge in [0.25, 0.3) is 0 Å². The van der Waals surface area contributed by atoms with Gasteiger partial charge in [0.1, 0.15) is 0 Å². The van der Waals surface area contributed by atoms with Crippen molar-refractivity contribution in [3.8, 4) is 0 Å². The standard InChI is InChI=1S/C13H20N2O/c1-4-5-8-14-13(16)15-12-7-6-10(2)9-11(12)3/h6-7,9H,4-5,8H2,1-3H3,(H2,14,15,16). The van der Waals surface area contributed by atoms with Crippen LogP contribution in [0.3, 0.4) is 0 Å². The van der Waals surface area contributed by atoms with E-state index < -0.39 is 0 Å². The van der Waals surface area contributed by atoms with Gasteiger partial charge in [-0.25, -0.2) is 4.79 Å². The predicted octanol–water partition coefficient (Wildman–Crippen LogP) is 3.23. The molecule has 0 radical (unpaired) electrons. The van der Waals surface area contributed by atoms with Crippen molar-refractivity contribution in [3.63, 3.8) is 0 Å². The largest absolute Gasteiger partial charge is 0.338 e. The second-order valence-electron chi connectivity index (χ2n) is 4.05. The minimum absolute atomic E-state index is 0.125. The molecule has 0 saturated carbocycles. The number of hydrogen-bond acceptors (Lipinski definition) is 1. The van der Waals surface area contributed by atoms with Crippen molar-refractivity contribution < 1.29 is 4.79 Å². The van der Waals surface area contributed by atoms with Gasteiger partial charge in [-0.05, 0) is 31.9 Å². The summed E-state index contributed by atoms with van der Waals surface area (Å²) in [5, 5.41) is 5.67. The van der Waals surface area contributed by atoms with Gasteiger partial charge in [-0.3, -0.25) is 0 Å². The third kappa shape index (κ3) is 3.93. The summed E-state index contributed by atoms with van der Waals surface area (Å²) in [6.45, 7) is 6.86. The zero-order valence-electron chi connectivity index (χ0n) is 10.3. The number of rotatable bonds is 4. The van der Waals surface area contributed by atoms with E-state index in [2.05, 4.69) is 23.6 Å². The van der Waals surface area contributed by atoms with Crippen LogP contribution in [-0.2, 0) is 0 Å². The van der Waals surface area contributed by atoms with Gasteiger partial charge in [-0.1, -0.05) is 31.0 Å². The molecule has 1 rings (SSSR count). The molecule has 0 aliphatic carbocycles. The molecule has 0 aromatic heterocycles. The summed E-state index contributed by atoms with van der Waals surface area (Å²) in [4.78, 5) is 11.5. The number of urea groups is 1. The molecule has 0 aliphatic rings. The first kappa shape index (κ1) is 12.6. The van der Waals surface area contributed by atoms with Crippen LogP contribution >= 0.6 is 0 Å². The fraction of sp³-hybridized carbons (Fsp3) is 0.462. The van der Waals surface area contributed by atoms with E-state index in [1.807, 2.05) is 26.0 Å². The van der Waals surface area contributed by atoms with Crippen molar-refractivity contribution in [2.24, 2.45) is 0 Å². The van der Waals surface area contributed by atoms with Crippen LogP contribution in [0.5, 0.6) is 0 Å². The van der Waals surface area contributed by atoms with Crippen LogP contribution in [0.4, 0.5) is 10.5 Å². The average Bonchev–Trinajstić information content (AvgIpc) is 2.23. The quantitative estimate of drug-likeness (QED) is 0.751. The molecule has 2 amide bonds. The molecule has 0 saturated heterocycles. The molecule has 0 aliphatic heterocycles. The number of carbonyl (C=O) groups excluding carboxylic acids is 1. The summed E-state index contributed by atoms with van der Waals surface area (Å²) in [7, 11) is 0. The molecule has 0 unspecified atom stereocenters. The Hall–Kier alpha value is -1.51. The first-order valence-electron chi connectivity index (χ1n) is 5.75. The molecule has 16 heavy (non-hydrogen) atoms. The Morgan fingerprint density at radius 3 is 2.69 bits per heavy atom. The highest BCUT2D eigenvalue weighted by atomic mass is 16.2. The molecule has 1 aromatic rings. The van der Waals surface area contributed by atoms with Gasteiger partial charge in [-0.15, -0.1) is 0 Å². The summed E-state index contributed by atoms with van der Waals surface area (Å²) in [5.74, 6) is 0. The predicted molar refractivity (Wildman–Crippen MR) is 67.8 cm³/mol. The molecule has 0 atom stereocenters. The summed E-state index contributed by atoms with van der Waals surface area (Å²) in [6, 6.07) is 5.86. The molecular formula is C13H20N2O.